The molecule has 0 unspecified atom stereocenters. The van der Waals surface area contributed by atoms with E-state index in [2.05, 4.69) is 11.5 Å². The summed E-state index contributed by atoms with van der Waals surface area (Å²) in [5.41, 5.74) is 10.7. The zero-order chi connectivity index (χ0) is 41.9. The number of carbonyl (C=O) groups excluding carboxylic acids is 2. The van der Waals surface area contributed by atoms with Crippen molar-refractivity contribution in [3.63, 3.8) is 0 Å². The molecule has 304 valence electrons. The van der Waals surface area contributed by atoms with E-state index in [1.54, 1.807) is 10.6 Å². The summed E-state index contributed by atoms with van der Waals surface area (Å²) in [6.07, 6.45) is 1.21. The Morgan fingerprint density at radius 2 is 1.59 bits per heavy atom. The van der Waals surface area contributed by atoms with Crippen molar-refractivity contribution in [1.29, 1.82) is 0 Å². The van der Waals surface area contributed by atoms with Crippen LogP contribution >= 0.6 is 23.2 Å². The van der Waals surface area contributed by atoms with Crippen LogP contribution in [0.4, 0.5) is 5.69 Å². The van der Waals surface area contributed by atoms with Crippen molar-refractivity contribution in [3.8, 4) is 22.6 Å². The number of benzene rings is 4. The second-order valence-electron chi connectivity index (χ2n) is 15.5. The van der Waals surface area contributed by atoms with Gasteiger partial charge in [-0.3, -0.25) is 9.48 Å². The molecule has 0 bridgehead atoms. The first-order valence-electron chi connectivity index (χ1n) is 19.7. The van der Waals surface area contributed by atoms with Crippen LogP contribution in [-0.4, -0.2) is 51.1 Å². The Morgan fingerprint density at radius 3 is 2.27 bits per heavy atom. The summed E-state index contributed by atoms with van der Waals surface area (Å²) in [5, 5.41) is 7.77. The Hall–Kier alpha value is -5.71. The van der Waals surface area contributed by atoms with Crippen LogP contribution < -0.4 is 14.4 Å². The van der Waals surface area contributed by atoms with Gasteiger partial charge in [-0.05, 0) is 94.0 Å². The number of rotatable bonds is 11. The maximum Gasteiger partial charge on any atom is 0.354 e. The number of halogens is 2. The van der Waals surface area contributed by atoms with E-state index in [0.717, 1.165) is 77.3 Å². The number of nitrogens with zero attached hydrogens (tertiary/aromatic N) is 5. The Labute approximate surface area is 353 Å². The number of anilines is 1. The number of fused-ring (bicyclic) bond motifs is 4. The third-order valence-corrected chi connectivity index (χ3v) is 12.5. The van der Waals surface area contributed by atoms with Crippen LogP contribution in [-0.2, 0) is 31.9 Å². The van der Waals surface area contributed by atoms with Crippen molar-refractivity contribution in [1.82, 2.24) is 18.9 Å². The van der Waals surface area contributed by atoms with E-state index in [1.165, 1.54) is 7.11 Å². The van der Waals surface area contributed by atoms with E-state index in [0.29, 0.717) is 60.4 Å². The van der Waals surface area contributed by atoms with Crippen molar-refractivity contribution < 1.29 is 23.8 Å². The van der Waals surface area contributed by atoms with Crippen LogP contribution in [0.2, 0.25) is 10.0 Å². The van der Waals surface area contributed by atoms with Crippen LogP contribution in [0.5, 0.6) is 11.5 Å². The summed E-state index contributed by atoms with van der Waals surface area (Å²) >= 11 is 13.6. The summed E-state index contributed by atoms with van der Waals surface area (Å²) in [6, 6.07) is 23.2. The van der Waals surface area contributed by atoms with E-state index >= 15 is 4.79 Å². The van der Waals surface area contributed by atoms with Gasteiger partial charge in [-0.2, -0.15) is 5.10 Å². The molecule has 4 heterocycles. The number of aryl methyl sites for hydroxylation is 6. The van der Waals surface area contributed by atoms with E-state index in [9.17, 15) is 4.79 Å². The minimum Gasteiger partial charge on any atom is -0.494 e. The number of ether oxygens (including phenoxy) is 3. The standard InChI is InChI=1S/C47H47Cl2N5O5/c1-26-19-32(20-27(2)43(26)49)58-18-12-15-34-35-16-17-37(48)42(41-29(4)50-52(7)30(41)5)44(35)54-28(3)24-53(46(55)45(34)54)39-22-33(59-25-31-13-10-9-11-14-31)21-38-36(39)23-40(51(38)6)47(56)57-8/h9-11,13-14,16-17,19-23,28H,12,15,18,24-25H2,1-8H3/t28-/m1/s1. The molecule has 7 aromatic rings. The highest BCUT2D eigenvalue weighted by molar-refractivity contribution is 6.35. The monoisotopic (exact) mass is 831 g/mol. The molecule has 59 heavy (non-hydrogen) atoms. The lowest BCUT2D eigenvalue weighted by Gasteiger charge is -2.35. The van der Waals surface area contributed by atoms with Gasteiger partial charge in [-0.25, -0.2) is 4.79 Å². The van der Waals surface area contributed by atoms with Gasteiger partial charge in [0.15, 0.2) is 0 Å². The fraction of sp³-hybridized carbons (Fsp3) is 0.298. The van der Waals surface area contributed by atoms with E-state index in [-0.39, 0.29) is 11.9 Å². The molecular formula is C47H47Cl2N5O5. The van der Waals surface area contributed by atoms with E-state index in [1.807, 2.05) is 118 Å². The second kappa shape index (κ2) is 15.8. The van der Waals surface area contributed by atoms with Crippen LogP contribution in [0.1, 0.15) is 74.0 Å². The van der Waals surface area contributed by atoms with Gasteiger partial charge in [0.05, 0.1) is 41.2 Å². The molecule has 0 saturated carbocycles. The zero-order valence-electron chi connectivity index (χ0n) is 34.6. The number of esters is 1. The Balaban J connectivity index is 1.27. The normalized spacial score (nSPS) is 14.0. The summed E-state index contributed by atoms with van der Waals surface area (Å²) in [4.78, 5) is 30.3. The minimum atomic E-state index is -0.473. The van der Waals surface area contributed by atoms with Crippen molar-refractivity contribution in [2.75, 3.05) is 25.2 Å². The zero-order valence-corrected chi connectivity index (χ0v) is 36.1. The molecule has 0 radical (unpaired) electrons. The Bertz CT molecular complexity index is 2780. The average Bonchev–Trinajstić information content (AvgIpc) is 3.83. The fourth-order valence-electron chi connectivity index (χ4n) is 8.67. The smallest absolute Gasteiger partial charge is 0.354 e. The molecule has 12 heteroatoms. The summed E-state index contributed by atoms with van der Waals surface area (Å²) in [7, 11) is 5.11. The van der Waals surface area contributed by atoms with Crippen molar-refractivity contribution in [2.24, 2.45) is 14.1 Å². The van der Waals surface area contributed by atoms with Gasteiger partial charge in [0.2, 0.25) is 0 Å². The molecule has 1 atom stereocenters. The van der Waals surface area contributed by atoms with Crippen LogP contribution in [0, 0.1) is 27.7 Å². The predicted octanol–water partition coefficient (Wildman–Crippen LogP) is 10.7. The van der Waals surface area contributed by atoms with Gasteiger partial charge in [0.25, 0.3) is 5.91 Å². The number of amides is 1. The Kier molecular flexibility index (Phi) is 10.7. The third-order valence-electron chi connectivity index (χ3n) is 11.6. The van der Waals surface area contributed by atoms with Crippen LogP contribution in [0.15, 0.2) is 72.8 Å². The van der Waals surface area contributed by atoms with Gasteiger partial charge >= 0.3 is 5.97 Å². The molecule has 0 fully saturated rings. The highest BCUT2D eigenvalue weighted by atomic mass is 35.5. The lowest BCUT2D eigenvalue weighted by atomic mass is 9.98. The molecule has 1 amide bonds. The quantitative estimate of drug-likeness (QED) is 0.0952. The number of hydrogen-bond donors (Lipinski definition) is 0. The molecule has 1 aliphatic heterocycles. The maximum atomic E-state index is 15.5. The Morgan fingerprint density at radius 1 is 0.881 bits per heavy atom. The molecule has 1 aliphatic rings. The van der Waals surface area contributed by atoms with Gasteiger partial charge in [0, 0.05) is 71.4 Å². The van der Waals surface area contributed by atoms with Gasteiger partial charge in [-0.1, -0.05) is 59.6 Å². The second-order valence-corrected chi connectivity index (χ2v) is 16.3. The number of carbonyl (C=O) groups is 2. The lowest BCUT2D eigenvalue weighted by molar-refractivity contribution is 0.0590. The first kappa shape index (κ1) is 40.1. The maximum absolute atomic E-state index is 15.5. The van der Waals surface area contributed by atoms with Crippen molar-refractivity contribution in [2.45, 2.75) is 60.1 Å². The van der Waals surface area contributed by atoms with E-state index < -0.39 is 5.97 Å². The molecule has 0 aliphatic carbocycles. The van der Waals surface area contributed by atoms with Gasteiger partial charge in [-0.15, -0.1) is 0 Å². The highest BCUT2D eigenvalue weighted by Crippen LogP contribution is 2.46. The largest absolute Gasteiger partial charge is 0.494 e. The predicted molar refractivity (Wildman–Crippen MR) is 235 cm³/mol. The first-order chi connectivity index (χ1) is 28.3. The SMILES string of the molecule is COC(=O)c1cc2c(N3C[C@@H](C)n4c(c(CCCOc5cc(C)c(Cl)c(C)c5)c5ccc(Cl)c(-c6c(C)nn(C)c6C)c54)C3=O)cc(OCc3ccccc3)cc2n1C. The molecular weight excluding hydrogens is 785 g/mol. The molecule has 10 nitrogen and oxygen atoms in total. The highest BCUT2D eigenvalue weighted by Gasteiger charge is 2.38. The van der Waals surface area contributed by atoms with Gasteiger partial charge in [0.1, 0.15) is 29.5 Å². The first-order valence-corrected chi connectivity index (χ1v) is 20.5. The van der Waals surface area contributed by atoms with Crippen molar-refractivity contribution >= 4 is 62.6 Å². The lowest BCUT2D eigenvalue weighted by Crippen LogP contribution is -2.42. The number of hydrogen-bond acceptors (Lipinski definition) is 6. The molecule has 4 aromatic carbocycles. The molecule has 0 N–H and O–H groups in total. The molecule has 3 aromatic heterocycles. The number of methoxy groups -OCH3 is 1. The van der Waals surface area contributed by atoms with Crippen LogP contribution in [0.3, 0.4) is 0 Å². The minimum absolute atomic E-state index is 0.161. The fourth-order valence-corrected chi connectivity index (χ4v) is 9.03. The summed E-state index contributed by atoms with van der Waals surface area (Å²) in [6.45, 7) is 11.2. The van der Waals surface area contributed by atoms with Gasteiger partial charge < -0.3 is 28.2 Å². The number of aromatic nitrogens is 4. The molecule has 0 saturated heterocycles. The molecule has 0 spiro atoms. The van der Waals surface area contributed by atoms with Crippen molar-refractivity contribution in [3.05, 3.63) is 128 Å². The van der Waals surface area contributed by atoms with Crippen LogP contribution in [0.25, 0.3) is 32.9 Å². The average molecular weight is 833 g/mol. The van der Waals surface area contributed by atoms with E-state index in [4.69, 9.17) is 42.5 Å². The summed E-state index contributed by atoms with van der Waals surface area (Å²) < 4.78 is 23.7. The topological polar surface area (TPSA) is 92.8 Å². The third kappa shape index (κ3) is 7.02. The summed E-state index contributed by atoms with van der Waals surface area (Å²) in [5.74, 6) is 0.694. The molecule has 8 rings (SSSR count).